The molecule has 0 unspecified atom stereocenters. The zero-order valence-electron chi connectivity index (χ0n) is 11.8. The topological polar surface area (TPSA) is 37.8 Å². The molecule has 106 valence electrons. The van der Waals surface area contributed by atoms with Crippen LogP contribution in [-0.2, 0) is 0 Å². The van der Waals surface area contributed by atoms with Crippen molar-refractivity contribution in [3.05, 3.63) is 48.5 Å². The van der Waals surface area contributed by atoms with E-state index in [0.717, 1.165) is 16.0 Å². The SMILES string of the molecule is CNc1cc(Sc2ccc3ccccc3c2)nc(SC)n1. The molecule has 0 spiro atoms. The second-order valence-corrected chi connectivity index (χ2v) is 6.31. The fourth-order valence-electron chi connectivity index (χ4n) is 2.03. The highest BCUT2D eigenvalue weighted by atomic mass is 32.2. The summed E-state index contributed by atoms with van der Waals surface area (Å²) < 4.78 is 0. The molecule has 0 bridgehead atoms. The predicted molar refractivity (Wildman–Crippen MR) is 91.4 cm³/mol. The number of fused-ring (bicyclic) bond motifs is 1. The molecule has 3 rings (SSSR count). The highest BCUT2D eigenvalue weighted by Gasteiger charge is 2.05. The minimum atomic E-state index is 0.783. The fraction of sp³-hybridized carbons (Fsp3) is 0.125. The smallest absolute Gasteiger partial charge is 0.190 e. The van der Waals surface area contributed by atoms with Gasteiger partial charge in [0.05, 0.1) is 0 Å². The zero-order chi connectivity index (χ0) is 14.7. The lowest BCUT2D eigenvalue weighted by molar-refractivity contribution is 0.897. The van der Waals surface area contributed by atoms with E-state index in [-0.39, 0.29) is 0 Å². The van der Waals surface area contributed by atoms with Gasteiger partial charge in [0.25, 0.3) is 0 Å². The average Bonchev–Trinajstić information content (AvgIpc) is 2.54. The van der Waals surface area contributed by atoms with Crippen LogP contribution in [-0.4, -0.2) is 23.3 Å². The van der Waals surface area contributed by atoms with E-state index in [1.54, 1.807) is 23.5 Å². The van der Waals surface area contributed by atoms with Gasteiger partial charge in [-0.1, -0.05) is 53.9 Å². The van der Waals surface area contributed by atoms with Crippen molar-refractivity contribution in [2.75, 3.05) is 18.6 Å². The zero-order valence-corrected chi connectivity index (χ0v) is 13.5. The number of rotatable bonds is 4. The van der Waals surface area contributed by atoms with Gasteiger partial charge in [0.1, 0.15) is 10.8 Å². The van der Waals surface area contributed by atoms with Crippen LogP contribution < -0.4 is 5.32 Å². The maximum Gasteiger partial charge on any atom is 0.190 e. The molecule has 1 heterocycles. The maximum atomic E-state index is 4.55. The Balaban J connectivity index is 1.94. The number of hydrogen-bond acceptors (Lipinski definition) is 5. The number of hydrogen-bond donors (Lipinski definition) is 1. The van der Waals surface area contributed by atoms with Gasteiger partial charge in [-0.15, -0.1) is 0 Å². The van der Waals surface area contributed by atoms with Gasteiger partial charge in [0, 0.05) is 18.0 Å². The van der Waals surface area contributed by atoms with Crippen LogP contribution in [0.5, 0.6) is 0 Å². The molecule has 0 saturated carbocycles. The van der Waals surface area contributed by atoms with Gasteiger partial charge in [-0.2, -0.15) is 0 Å². The van der Waals surface area contributed by atoms with Crippen molar-refractivity contribution in [3.8, 4) is 0 Å². The number of benzene rings is 2. The van der Waals surface area contributed by atoms with Crippen LogP contribution in [0.4, 0.5) is 5.82 Å². The van der Waals surface area contributed by atoms with Crippen LogP contribution in [0.25, 0.3) is 10.8 Å². The summed E-state index contributed by atoms with van der Waals surface area (Å²) in [6.07, 6.45) is 1.99. The van der Waals surface area contributed by atoms with Crippen LogP contribution in [0.15, 0.2) is 63.6 Å². The summed E-state index contributed by atoms with van der Waals surface area (Å²) in [7, 11) is 1.87. The summed E-state index contributed by atoms with van der Waals surface area (Å²) in [5.74, 6) is 0.845. The van der Waals surface area contributed by atoms with Crippen molar-refractivity contribution in [3.63, 3.8) is 0 Å². The van der Waals surface area contributed by atoms with Crippen molar-refractivity contribution in [1.82, 2.24) is 9.97 Å². The van der Waals surface area contributed by atoms with E-state index in [1.807, 2.05) is 19.4 Å². The summed E-state index contributed by atoms with van der Waals surface area (Å²) in [4.78, 5) is 10.1. The lowest BCUT2D eigenvalue weighted by Crippen LogP contribution is -1.96. The normalized spacial score (nSPS) is 10.8. The number of nitrogens with zero attached hydrogens (tertiary/aromatic N) is 2. The standard InChI is InChI=1S/C16H15N3S2/c1-17-14-10-15(19-16(18-14)20-2)21-13-8-7-11-5-3-4-6-12(11)9-13/h3-10H,1-2H3,(H,17,18,19). The molecule has 0 fully saturated rings. The third kappa shape index (κ3) is 3.31. The Kier molecular flexibility index (Phi) is 4.31. The maximum absolute atomic E-state index is 4.55. The molecule has 0 aliphatic carbocycles. The van der Waals surface area contributed by atoms with Crippen LogP contribution in [0.3, 0.4) is 0 Å². The Hall–Kier alpha value is -1.72. The van der Waals surface area contributed by atoms with E-state index < -0.39 is 0 Å². The van der Waals surface area contributed by atoms with Crippen LogP contribution in [0, 0.1) is 0 Å². The van der Waals surface area contributed by atoms with Crippen LogP contribution in [0.1, 0.15) is 0 Å². The highest BCUT2D eigenvalue weighted by molar-refractivity contribution is 7.99. The van der Waals surface area contributed by atoms with Gasteiger partial charge in [0.2, 0.25) is 0 Å². The van der Waals surface area contributed by atoms with E-state index in [4.69, 9.17) is 0 Å². The molecule has 0 aliphatic heterocycles. The van der Waals surface area contributed by atoms with E-state index in [0.29, 0.717) is 0 Å². The predicted octanol–water partition coefficient (Wildman–Crippen LogP) is 4.54. The van der Waals surface area contributed by atoms with Crippen molar-refractivity contribution in [1.29, 1.82) is 0 Å². The molecule has 3 aromatic rings. The Bertz CT molecular complexity index is 752. The number of thioether (sulfide) groups is 1. The largest absolute Gasteiger partial charge is 0.373 e. The molecule has 0 aliphatic rings. The molecule has 0 amide bonds. The van der Waals surface area contributed by atoms with Crippen molar-refractivity contribution in [2.45, 2.75) is 15.1 Å². The summed E-state index contributed by atoms with van der Waals surface area (Å²) in [6.45, 7) is 0. The summed E-state index contributed by atoms with van der Waals surface area (Å²) in [6, 6.07) is 16.8. The average molecular weight is 313 g/mol. The molecule has 21 heavy (non-hydrogen) atoms. The molecule has 1 N–H and O–H groups in total. The van der Waals surface area contributed by atoms with Gasteiger partial charge in [-0.05, 0) is 29.2 Å². The molecule has 1 aromatic heterocycles. The van der Waals surface area contributed by atoms with Gasteiger partial charge in [0.15, 0.2) is 5.16 Å². The van der Waals surface area contributed by atoms with E-state index in [2.05, 4.69) is 57.7 Å². The Morgan fingerprint density at radius 3 is 2.52 bits per heavy atom. The summed E-state index contributed by atoms with van der Waals surface area (Å²) in [5.41, 5.74) is 0. The highest BCUT2D eigenvalue weighted by Crippen LogP contribution is 2.30. The van der Waals surface area contributed by atoms with E-state index in [9.17, 15) is 0 Å². The number of aromatic nitrogens is 2. The van der Waals surface area contributed by atoms with E-state index >= 15 is 0 Å². The molecule has 0 radical (unpaired) electrons. The lowest BCUT2D eigenvalue weighted by atomic mass is 10.1. The first-order valence-corrected chi connectivity index (χ1v) is 8.60. The second-order valence-electron chi connectivity index (χ2n) is 4.44. The second kappa shape index (κ2) is 6.37. The lowest BCUT2D eigenvalue weighted by Gasteiger charge is -2.07. The Morgan fingerprint density at radius 1 is 0.952 bits per heavy atom. The number of nitrogens with one attached hydrogen (secondary N) is 1. The Morgan fingerprint density at radius 2 is 1.76 bits per heavy atom. The minimum Gasteiger partial charge on any atom is -0.373 e. The quantitative estimate of drug-likeness (QED) is 0.435. The molecular formula is C16H15N3S2. The van der Waals surface area contributed by atoms with Gasteiger partial charge in [-0.3, -0.25) is 0 Å². The van der Waals surface area contributed by atoms with Crippen molar-refractivity contribution >= 4 is 40.1 Å². The van der Waals surface area contributed by atoms with Crippen LogP contribution in [0.2, 0.25) is 0 Å². The fourth-order valence-corrected chi connectivity index (χ4v) is 3.33. The first kappa shape index (κ1) is 14.2. The summed E-state index contributed by atoms with van der Waals surface area (Å²) >= 11 is 3.21. The number of anilines is 1. The van der Waals surface area contributed by atoms with Crippen LogP contribution >= 0.6 is 23.5 Å². The molecule has 0 saturated heterocycles. The Labute approximate surface area is 132 Å². The first-order chi connectivity index (χ1) is 10.3. The first-order valence-electron chi connectivity index (χ1n) is 6.56. The molecule has 0 atom stereocenters. The molecule has 5 heteroatoms. The van der Waals surface area contributed by atoms with Crippen molar-refractivity contribution < 1.29 is 0 Å². The third-order valence-electron chi connectivity index (χ3n) is 3.06. The molecule has 2 aromatic carbocycles. The van der Waals surface area contributed by atoms with Gasteiger partial charge in [-0.25, -0.2) is 9.97 Å². The third-order valence-corrected chi connectivity index (χ3v) is 4.52. The summed E-state index contributed by atoms with van der Waals surface area (Å²) in [5, 5.41) is 7.32. The monoisotopic (exact) mass is 313 g/mol. The van der Waals surface area contributed by atoms with E-state index in [1.165, 1.54) is 15.7 Å². The van der Waals surface area contributed by atoms with Gasteiger partial charge < -0.3 is 5.32 Å². The molecular weight excluding hydrogens is 298 g/mol. The minimum absolute atomic E-state index is 0.783. The van der Waals surface area contributed by atoms with Gasteiger partial charge >= 0.3 is 0 Å². The molecule has 3 nitrogen and oxygen atoms in total. The van der Waals surface area contributed by atoms with Crippen molar-refractivity contribution in [2.24, 2.45) is 0 Å².